The number of phenolic OH excluding ortho intramolecular Hbond substituents is 2. The molecule has 0 radical (unpaired) electrons. The molecule has 0 aliphatic rings. The summed E-state index contributed by atoms with van der Waals surface area (Å²) in [6.45, 7) is 0. The van der Waals surface area contributed by atoms with Crippen molar-refractivity contribution >= 4 is 35.1 Å². The Kier molecular flexibility index (Phi) is 5.98. The number of carbonyl (C=O) groups is 1. The van der Waals surface area contributed by atoms with Gasteiger partial charge >= 0.3 is 0 Å². The Bertz CT molecular complexity index is 1070. The first-order chi connectivity index (χ1) is 13.5. The van der Waals surface area contributed by atoms with E-state index in [1.54, 1.807) is 42.5 Å². The fourth-order valence-electron chi connectivity index (χ4n) is 2.22. The van der Waals surface area contributed by atoms with E-state index in [-0.39, 0.29) is 17.1 Å². The normalized spacial score (nSPS) is 11.2. The van der Waals surface area contributed by atoms with E-state index in [4.69, 9.17) is 11.6 Å². The van der Waals surface area contributed by atoms with Gasteiger partial charge in [-0.15, -0.1) is 5.11 Å². The number of nitrogens with zero attached hydrogens (tertiary/aromatic N) is 3. The van der Waals surface area contributed by atoms with Crippen LogP contribution in [0.1, 0.15) is 15.9 Å². The third-order valence-electron chi connectivity index (χ3n) is 3.61. The number of hydrogen-bond donors (Lipinski definition) is 3. The molecular weight excluding hydrogens is 380 g/mol. The summed E-state index contributed by atoms with van der Waals surface area (Å²) in [5.74, 6) is -0.556. The monoisotopic (exact) mass is 394 g/mol. The first-order valence-electron chi connectivity index (χ1n) is 8.14. The summed E-state index contributed by atoms with van der Waals surface area (Å²) in [5.41, 5.74) is 3.91. The number of hydrogen-bond acceptors (Lipinski definition) is 6. The molecule has 3 aromatic rings. The summed E-state index contributed by atoms with van der Waals surface area (Å²) in [5, 5.41) is 31.8. The fraction of sp³-hybridized carbons (Fsp3) is 0. The predicted octanol–water partition coefficient (Wildman–Crippen LogP) is 4.93. The van der Waals surface area contributed by atoms with Gasteiger partial charge in [0.25, 0.3) is 5.91 Å². The highest BCUT2D eigenvalue weighted by molar-refractivity contribution is 6.32. The van der Waals surface area contributed by atoms with Crippen molar-refractivity contribution in [1.29, 1.82) is 0 Å². The molecule has 0 unspecified atom stereocenters. The van der Waals surface area contributed by atoms with Gasteiger partial charge in [0.05, 0.1) is 16.9 Å². The van der Waals surface area contributed by atoms with E-state index in [0.29, 0.717) is 22.0 Å². The van der Waals surface area contributed by atoms with Gasteiger partial charge in [-0.2, -0.15) is 10.2 Å². The highest BCUT2D eigenvalue weighted by Crippen LogP contribution is 2.27. The second kappa shape index (κ2) is 8.79. The topological polar surface area (TPSA) is 107 Å². The van der Waals surface area contributed by atoms with E-state index in [1.165, 1.54) is 30.5 Å². The average molecular weight is 395 g/mol. The lowest BCUT2D eigenvalue weighted by molar-refractivity contribution is 0.0954. The van der Waals surface area contributed by atoms with E-state index in [2.05, 4.69) is 20.8 Å². The summed E-state index contributed by atoms with van der Waals surface area (Å²) in [4.78, 5) is 12.0. The Hall–Kier alpha value is -3.71. The van der Waals surface area contributed by atoms with Crippen LogP contribution in [-0.2, 0) is 0 Å². The number of nitrogens with one attached hydrogen (secondary N) is 1. The van der Waals surface area contributed by atoms with E-state index in [0.717, 1.165) is 0 Å². The molecule has 0 saturated carbocycles. The maximum absolute atomic E-state index is 12.0. The van der Waals surface area contributed by atoms with Crippen LogP contribution in [0.4, 0.5) is 11.4 Å². The molecule has 28 heavy (non-hydrogen) atoms. The first-order valence-corrected chi connectivity index (χ1v) is 8.52. The van der Waals surface area contributed by atoms with Crippen molar-refractivity contribution in [1.82, 2.24) is 5.43 Å². The highest BCUT2D eigenvalue weighted by atomic mass is 35.5. The number of halogens is 1. The second-order valence-electron chi connectivity index (χ2n) is 5.64. The summed E-state index contributed by atoms with van der Waals surface area (Å²) < 4.78 is 0. The predicted molar refractivity (Wildman–Crippen MR) is 107 cm³/mol. The van der Waals surface area contributed by atoms with Gasteiger partial charge in [-0.3, -0.25) is 4.79 Å². The van der Waals surface area contributed by atoms with E-state index >= 15 is 0 Å². The molecule has 3 aromatic carbocycles. The molecule has 0 heterocycles. The Labute approximate surface area is 165 Å². The number of rotatable bonds is 5. The van der Waals surface area contributed by atoms with Crippen molar-refractivity contribution in [3.63, 3.8) is 0 Å². The summed E-state index contributed by atoms with van der Waals surface area (Å²) >= 11 is 6.03. The molecular formula is C20H15ClN4O3. The van der Waals surface area contributed by atoms with Crippen LogP contribution in [0.5, 0.6) is 11.5 Å². The lowest BCUT2D eigenvalue weighted by Gasteiger charge is -2.02. The third-order valence-corrected chi connectivity index (χ3v) is 3.93. The van der Waals surface area contributed by atoms with Gasteiger partial charge < -0.3 is 10.2 Å². The maximum atomic E-state index is 12.0. The highest BCUT2D eigenvalue weighted by Gasteiger charge is 2.05. The van der Waals surface area contributed by atoms with Gasteiger partial charge in [0.1, 0.15) is 17.2 Å². The number of carbonyl (C=O) groups excluding carboxylic acids is 1. The van der Waals surface area contributed by atoms with Crippen LogP contribution in [0.15, 0.2) is 82.1 Å². The molecule has 1 amide bonds. The molecule has 0 aliphatic heterocycles. The number of benzene rings is 3. The molecule has 0 spiro atoms. The zero-order valence-electron chi connectivity index (χ0n) is 14.5. The van der Waals surface area contributed by atoms with Crippen molar-refractivity contribution in [3.05, 3.63) is 82.9 Å². The van der Waals surface area contributed by atoms with E-state index in [9.17, 15) is 15.0 Å². The Morgan fingerprint density at radius 1 is 0.964 bits per heavy atom. The lowest BCUT2D eigenvalue weighted by atomic mass is 10.2. The second-order valence-corrected chi connectivity index (χ2v) is 6.05. The van der Waals surface area contributed by atoms with Gasteiger partial charge in [-0.25, -0.2) is 5.43 Å². The Morgan fingerprint density at radius 3 is 2.57 bits per heavy atom. The minimum Gasteiger partial charge on any atom is -0.508 e. The standard InChI is InChI=1S/C20H15ClN4O3/c21-17-6-1-2-7-18(17)24-23-15-8-9-19(27)14(10-15)12-22-25-20(28)13-4-3-5-16(26)11-13/h1-12,26-27H,(H,25,28). The average Bonchev–Trinajstić information content (AvgIpc) is 2.69. The van der Waals surface area contributed by atoms with E-state index < -0.39 is 5.91 Å². The molecule has 0 bridgehead atoms. The molecule has 7 nitrogen and oxygen atoms in total. The summed E-state index contributed by atoms with van der Waals surface area (Å²) in [6, 6.07) is 17.5. The maximum Gasteiger partial charge on any atom is 0.271 e. The van der Waals surface area contributed by atoms with Gasteiger partial charge in [0.15, 0.2) is 0 Å². The van der Waals surface area contributed by atoms with Crippen LogP contribution in [0, 0.1) is 0 Å². The number of azo groups is 1. The van der Waals surface area contributed by atoms with E-state index in [1.807, 2.05) is 0 Å². The summed E-state index contributed by atoms with van der Waals surface area (Å²) in [7, 11) is 0. The quantitative estimate of drug-likeness (QED) is 0.324. The molecule has 3 rings (SSSR count). The van der Waals surface area contributed by atoms with Crippen molar-refractivity contribution in [2.24, 2.45) is 15.3 Å². The van der Waals surface area contributed by atoms with Crippen molar-refractivity contribution in [3.8, 4) is 11.5 Å². The number of hydrazone groups is 1. The molecule has 0 saturated heterocycles. The van der Waals surface area contributed by atoms with Crippen molar-refractivity contribution < 1.29 is 15.0 Å². The fourth-order valence-corrected chi connectivity index (χ4v) is 2.40. The number of aromatic hydroxyl groups is 2. The van der Waals surface area contributed by atoms with Crippen LogP contribution in [0.25, 0.3) is 0 Å². The zero-order chi connectivity index (χ0) is 19.9. The van der Waals surface area contributed by atoms with Crippen LogP contribution in [0.3, 0.4) is 0 Å². The van der Waals surface area contributed by atoms with Crippen LogP contribution in [0.2, 0.25) is 5.02 Å². The molecule has 0 aliphatic carbocycles. The zero-order valence-corrected chi connectivity index (χ0v) is 15.2. The molecule has 8 heteroatoms. The Morgan fingerprint density at radius 2 is 1.79 bits per heavy atom. The van der Waals surface area contributed by atoms with Gasteiger partial charge in [-0.1, -0.05) is 29.8 Å². The van der Waals surface area contributed by atoms with Gasteiger partial charge in [0, 0.05) is 11.1 Å². The molecule has 3 N–H and O–H groups in total. The number of amides is 1. The third kappa shape index (κ3) is 4.93. The van der Waals surface area contributed by atoms with Gasteiger partial charge in [0.2, 0.25) is 0 Å². The van der Waals surface area contributed by atoms with Crippen LogP contribution < -0.4 is 5.43 Å². The molecule has 140 valence electrons. The SMILES string of the molecule is O=C(NN=Cc1cc(N=Nc2ccccc2Cl)ccc1O)c1cccc(O)c1. The van der Waals surface area contributed by atoms with Crippen molar-refractivity contribution in [2.45, 2.75) is 0 Å². The largest absolute Gasteiger partial charge is 0.508 e. The first kappa shape index (κ1) is 19.1. The molecule has 0 fully saturated rings. The molecule has 0 atom stereocenters. The van der Waals surface area contributed by atoms with Crippen molar-refractivity contribution in [2.75, 3.05) is 0 Å². The molecule has 0 aromatic heterocycles. The lowest BCUT2D eigenvalue weighted by Crippen LogP contribution is -2.17. The minimum absolute atomic E-state index is 0.0224. The van der Waals surface area contributed by atoms with Gasteiger partial charge in [-0.05, 0) is 48.5 Å². The summed E-state index contributed by atoms with van der Waals surface area (Å²) in [6.07, 6.45) is 1.28. The Balaban J connectivity index is 1.72. The minimum atomic E-state index is -0.499. The number of phenols is 2. The smallest absolute Gasteiger partial charge is 0.271 e. The van der Waals surface area contributed by atoms with Crippen LogP contribution in [-0.4, -0.2) is 22.3 Å². The van der Waals surface area contributed by atoms with Crippen LogP contribution >= 0.6 is 11.6 Å².